The van der Waals surface area contributed by atoms with Gasteiger partial charge in [0, 0.05) is 57.6 Å². The van der Waals surface area contributed by atoms with Crippen LogP contribution in [-0.2, 0) is 11.8 Å². The number of likely N-dealkylation sites (tertiary alicyclic amines) is 1. The van der Waals surface area contributed by atoms with Crippen molar-refractivity contribution in [2.45, 2.75) is 18.4 Å². The fourth-order valence-electron chi connectivity index (χ4n) is 4.69. The third-order valence-corrected chi connectivity index (χ3v) is 6.05. The van der Waals surface area contributed by atoms with E-state index in [-0.39, 0.29) is 35.3 Å². The molecule has 2 amide bonds. The summed E-state index contributed by atoms with van der Waals surface area (Å²) in [7, 11) is 3.36. The second-order valence-electron chi connectivity index (χ2n) is 7.84. The average molecular weight is 398 g/mol. The summed E-state index contributed by atoms with van der Waals surface area (Å²) >= 11 is 0. The number of amides is 2. The molecule has 0 spiro atoms. The van der Waals surface area contributed by atoms with Gasteiger partial charge in [-0.05, 0) is 24.5 Å². The minimum atomic E-state index is -0.212. The van der Waals surface area contributed by atoms with Crippen LogP contribution in [0.4, 0.5) is 0 Å². The molecule has 0 saturated carbocycles. The van der Waals surface area contributed by atoms with Crippen molar-refractivity contribution in [1.29, 1.82) is 0 Å². The molecule has 2 aromatic rings. The van der Waals surface area contributed by atoms with Crippen LogP contribution in [0.2, 0.25) is 0 Å². The van der Waals surface area contributed by atoms with E-state index in [1.54, 1.807) is 38.5 Å². The van der Waals surface area contributed by atoms with E-state index in [4.69, 9.17) is 0 Å². The van der Waals surface area contributed by atoms with Crippen molar-refractivity contribution >= 4 is 11.8 Å². The lowest BCUT2D eigenvalue weighted by Crippen LogP contribution is -2.53. The molecule has 0 aliphatic carbocycles. The number of aryl methyl sites for hydroxylation is 1. The number of hydrogen-bond acceptors (Lipinski definition) is 5. The SMILES string of the molecule is CNC(=O)CN1C[C@H]2C[C@@H](C1)[C@H](CNC(=O)c1ccnn1C)n1c2cccc1=O. The third-order valence-electron chi connectivity index (χ3n) is 6.05. The largest absolute Gasteiger partial charge is 0.358 e. The summed E-state index contributed by atoms with van der Waals surface area (Å²) in [5, 5.41) is 9.69. The fraction of sp³-hybridized carbons (Fsp3) is 0.500. The van der Waals surface area contributed by atoms with E-state index in [2.05, 4.69) is 20.6 Å². The highest BCUT2D eigenvalue weighted by atomic mass is 16.2. The van der Waals surface area contributed by atoms with Gasteiger partial charge in [-0.1, -0.05) is 6.07 Å². The molecule has 0 radical (unpaired) electrons. The Morgan fingerprint density at radius 3 is 2.79 bits per heavy atom. The highest BCUT2D eigenvalue weighted by Gasteiger charge is 2.40. The number of piperidine rings is 1. The van der Waals surface area contributed by atoms with Gasteiger partial charge in [0.1, 0.15) is 5.69 Å². The van der Waals surface area contributed by atoms with Crippen LogP contribution in [0.15, 0.2) is 35.3 Å². The van der Waals surface area contributed by atoms with Gasteiger partial charge in [-0.15, -0.1) is 0 Å². The summed E-state index contributed by atoms with van der Waals surface area (Å²) in [4.78, 5) is 39.3. The second-order valence-corrected chi connectivity index (χ2v) is 7.84. The zero-order chi connectivity index (χ0) is 20.5. The molecule has 9 nitrogen and oxygen atoms in total. The van der Waals surface area contributed by atoms with Crippen molar-refractivity contribution < 1.29 is 9.59 Å². The van der Waals surface area contributed by atoms with E-state index in [1.807, 2.05) is 10.6 Å². The third kappa shape index (κ3) is 3.69. The van der Waals surface area contributed by atoms with Crippen molar-refractivity contribution in [3.63, 3.8) is 0 Å². The molecule has 2 N–H and O–H groups in total. The lowest BCUT2D eigenvalue weighted by molar-refractivity contribution is -0.122. The first-order valence-electron chi connectivity index (χ1n) is 9.88. The Bertz CT molecular complexity index is 981. The topological polar surface area (TPSA) is 101 Å². The van der Waals surface area contributed by atoms with Crippen LogP contribution in [0.5, 0.6) is 0 Å². The lowest BCUT2D eigenvalue weighted by Gasteiger charge is -2.46. The van der Waals surface area contributed by atoms with E-state index < -0.39 is 0 Å². The molecule has 1 fully saturated rings. The van der Waals surface area contributed by atoms with Crippen LogP contribution in [0.1, 0.15) is 34.6 Å². The Kier molecular flexibility index (Phi) is 5.23. The molecule has 2 aliphatic rings. The molecule has 1 saturated heterocycles. The first-order chi connectivity index (χ1) is 14.0. The van der Waals surface area contributed by atoms with Gasteiger partial charge in [-0.2, -0.15) is 5.10 Å². The summed E-state index contributed by atoms with van der Waals surface area (Å²) in [6.45, 7) is 2.17. The van der Waals surface area contributed by atoms with Crippen LogP contribution in [0, 0.1) is 5.92 Å². The zero-order valence-electron chi connectivity index (χ0n) is 16.7. The maximum atomic E-state index is 12.7. The van der Waals surface area contributed by atoms with Crippen LogP contribution in [0.25, 0.3) is 0 Å². The Morgan fingerprint density at radius 2 is 2.07 bits per heavy atom. The summed E-state index contributed by atoms with van der Waals surface area (Å²) in [5.41, 5.74) is 1.41. The monoisotopic (exact) mass is 398 g/mol. The van der Waals surface area contributed by atoms with Crippen LogP contribution in [-0.4, -0.2) is 64.3 Å². The lowest BCUT2D eigenvalue weighted by atomic mass is 9.78. The smallest absolute Gasteiger partial charge is 0.269 e. The van der Waals surface area contributed by atoms with Gasteiger partial charge >= 0.3 is 0 Å². The molecular weight excluding hydrogens is 372 g/mol. The molecule has 154 valence electrons. The van der Waals surface area contributed by atoms with Gasteiger partial charge in [-0.3, -0.25) is 24.0 Å². The molecule has 0 unspecified atom stereocenters. The fourth-order valence-corrected chi connectivity index (χ4v) is 4.69. The molecule has 0 aromatic carbocycles. The molecular formula is C20H26N6O3. The van der Waals surface area contributed by atoms with E-state index in [1.165, 1.54) is 4.68 Å². The molecule has 4 heterocycles. The van der Waals surface area contributed by atoms with E-state index in [9.17, 15) is 14.4 Å². The molecule has 3 atom stereocenters. The predicted octanol–water partition coefficient (Wildman–Crippen LogP) is -0.282. The summed E-state index contributed by atoms with van der Waals surface area (Å²) in [5.74, 6) is 0.154. The number of aromatic nitrogens is 3. The number of nitrogens with one attached hydrogen (secondary N) is 2. The average Bonchev–Trinajstić information content (AvgIpc) is 3.14. The molecule has 29 heavy (non-hydrogen) atoms. The van der Waals surface area contributed by atoms with E-state index in [0.717, 1.165) is 25.2 Å². The van der Waals surface area contributed by atoms with Crippen LogP contribution >= 0.6 is 0 Å². The maximum Gasteiger partial charge on any atom is 0.269 e. The van der Waals surface area contributed by atoms with E-state index in [0.29, 0.717) is 18.8 Å². The standard InChI is InChI=1S/C20H26N6O3/c1-21-18(27)12-25-10-13-8-14(11-25)17(26-15(13)4-3-5-19(26)28)9-22-20(29)16-6-7-23-24(16)2/h3-7,13-14,17H,8-12H2,1-2H3,(H,21,27)(H,22,29)/t13-,14+,17+/m1/s1. The van der Waals surface area contributed by atoms with Crippen molar-refractivity contribution in [2.24, 2.45) is 13.0 Å². The first-order valence-corrected chi connectivity index (χ1v) is 9.88. The highest BCUT2D eigenvalue weighted by Crippen LogP contribution is 2.40. The maximum absolute atomic E-state index is 12.7. The quantitative estimate of drug-likeness (QED) is 0.721. The second kappa shape index (κ2) is 7.82. The number of pyridine rings is 1. The van der Waals surface area contributed by atoms with Crippen molar-refractivity contribution in [3.8, 4) is 0 Å². The number of hydrogen-bond donors (Lipinski definition) is 2. The molecule has 4 rings (SSSR count). The van der Waals surface area contributed by atoms with Gasteiger partial charge in [-0.25, -0.2) is 0 Å². The first kappa shape index (κ1) is 19.4. The molecule has 2 bridgehead atoms. The number of carbonyl (C=O) groups is 2. The van der Waals surface area contributed by atoms with Gasteiger partial charge in [0.15, 0.2) is 0 Å². The Hall–Kier alpha value is -2.94. The normalized spacial score (nSPS) is 23.3. The highest BCUT2D eigenvalue weighted by molar-refractivity contribution is 5.92. The van der Waals surface area contributed by atoms with Crippen molar-refractivity contribution in [2.75, 3.05) is 33.2 Å². The number of likely N-dealkylation sites (N-methyl/N-ethyl adjacent to an activating group) is 1. The van der Waals surface area contributed by atoms with Gasteiger partial charge < -0.3 is 15.2 Å². The molecule has 9 heteroatoms. The zero-order valence-corrected chi connectivity index (χ0v) is 16.7. The van der Waals surface area contributed by atoms with Crippen molar-refractivity contribution in [1.82, 2.24) is 29.9 Å². The molecule has 2 aromatic heterocycles. The number of fused-ring (bicyclic) bond motifs is 4. The number of nitrogens with zero attached hydrogens (tertiary/aromatic N) is 4. The van der Waals surface area contributed by atoms with Gasteiger partial charge in [0.05, 0.1) is 12.6 Å². The van der Waals surface area contributed by atoms with Crippen LogP contribution in [0.3, 0.4) is 0 Å². The molecule has 2 aliphatic heterocycles. The summed E-state index contributed by atoms with van der Waals surface area (Å²) < 4.78 is 3.37. The summed E-state index contributed by atoms with van der Waals surface area (Å²) in [6, 6.07) is 6.86. The summed E-state index contributed by atoms with van der Waals surface area (Å²) in [6.07, 6.45) is 2.53. The minimum absolute atomic E-state index is 0.0171. The predicted molar refractivity (Wildman–Crippen MR) is 107 cm³/mol. The van der Waals surface area contributed by atoms with Gasteiger partial charge in [0.25, 0.3) is 11.5 Å². The number of carbonyl (C=O) groups excluding carboxylic acids is 2. The van der Waals surface area contributed by atoms with E-state index >= 15 is 0 Å². The van der Waals surface area contributed by atoms with Crippen molar-refractivity contribution in [3.05, 3.63) is 52.2 Å². The Morgan fingerprint density at radius 1 is 1.24 bits per heavy atom. The Balaban J connectivity index is 1.59. The Labute approximate surface area is 168 Å². The van der Waals surface area contributed by atoms with Crippen LogP contribution < -0.4 is 16.2 Å². The van der Waals surface area contributed by atoms with Gasteiger partial charge in [0.2, 0.25) is 5.91 Å². The number of rotatable bonds is 5. The minimum Gasteiger partial charge on any atom is -0.358 e.